The number of esters is 1. The number of aromatic nitrogens is 1. The largest absolute Gasteiger partial charge is 0.466 e. The summed E-state index contributed by atoms with van der Waals surface area (Å²) in [6, 6.07) is 10.0. The molecule has 2 aliphatic carbocycles. The van der Waals surface area contributed by atoms with E-state index in [0.717, 1.165) is 54.6 Å². The molecule has 3 aliphatic rings. The van der Waals surface area contributed by atoms with Crippen molar-refractivity contribution in [3.05, 3.63) is 41.5 Å². The van der Waals surface area contributed by atoms with Crippen LogP contribution in [0.2, 0.25) is 0 Å². The lowest BCUT2D eigenvalue weighted by molar-refractivity contribution is -0.148. The Morgan fingerprint density at radius 2 is 1.94 bits per heavy atom. The highest BCUT2D eigenvalue weighted by atomic mass is 16.5. The molecule has 3 aromatic rings. The highest BCUT2D eigenvalue weighted by Gasteiger charge is 2.35. The summed E-state index contributed by atoms with van der Waals surface area (Å²) in [5.41, 5.74) is 4.55. The molecular formula is C28H31N3O4. The number of hydrogen-bond donors (Lipinski definition) is 1. The third-order valence-electron chi connectivity index (χ3n) is 7.73. The number of nitrogens with zero attached hydrogens (tertiary/aromatic N) is 2. The third-order valence-corrected chi connectivity index (χ3v) is 7.73. The summed E-state index contributed by atoms with van der Waals surface area (Å²) in [5.74, 6) is 0.346. The molecule has 1 unspecified atom stereocenters. The monoisotopic (exact) mass is 473 g/mol. The van der Waals surface area contributed by atoms with Gasteiger partial charge in [-0.25, -0.2) is 0 Å². The van der Waals surface area contributed by atoms with Gasteiger partial charge < -0.3 is 19.5 Å². The van der Waals surface area contributed by atoms with Gasteiger partial charge in [-0.3, -0.25) is 9.59 Å². The van der Waals surface area contributed by atoms with Crippen LogP contribution in [0.1, 0.15) is 67.8 Å². The highest BCUT2D eigenvalue weighted by Crippen LogP contribution is 2.46. The average molecular weight is 474 g/mol. The van der Waals surface area contributed by atoms with Gasteiger partial charge in [-0.05, 0) is 38.7 Å². The number of benzene rings is 2. The second-order valence-corrected chi connectivity index (χ2v) is 9.94. The first-order valence-electron chi connectivity index (χ1n) is 12.9. The zero-order valence-electron chi connectivity index (χ0n) is 20.1. The maximum absolute atomic E-state index is 13.8. The lowest BCUT2D eigenvalue weighted by Crippen LogP contribution is -2.39. The summed E-state index contributed by atoms with van der Waals surface area (Å²) in [4.78, 5) is 28.5. The lowest BCUT2D eigenvalue weighted by Gasteiger charge is -2.34. The molecule has 1 aromatic heterocycles. The molecule has 2 heterocycles. The molecule has 0 amide bonds. The Kier molecular flexibility index (Phi) is 5.71. The summed E-state index contributed by atoms with van der Waals surface area (Å²) < 4.78 is 11.2. The van der Waals surface area contributed by atoms with Crippen LogP contribution in [-0.2, 0) is 9.53 Å². The van der Waals surface area contributed by atoms with E-state index < -0.39 is 0 Å². The molecule has 1 N–H and O–H groups in total. The average Bonchev–Trinajstić information content (AvgIpc) is 3.34. The Bertz CT molecular complexity index is 1290. The Balaban J connectivity index is 1.48. The van der Waals surface area contributed by atoms with Crippen molar-refractivity contribution in [1.29, 1.82) is 0 Å². The molecule has 35 heavy (non-hydrogen) atoms. The number of ether oxygens (including phenoxy) is 1. The van der Waals surface area contributed by atoms with Gasteiger partial charge in [0, 0.05) is 35.9 Å². The first-order valence-corrected chi connectivity index (χ1v) is 12.9. The van der Waals surface area contributed by atoms with Crippen molar-refractivity contribution < 1.29 is 18.8 Å². The maximum Gasteiger partial charge on any atom is 0.310 e. The standard InChI is InChI=1S/C28H31N3O4/c1-2-34-28(33)17-9-8-14-31(16-17)22-15-21(29-18-10-4-3-5-11-18)23-24-25(22)30-35-27(24)20-13-7-6-12-19(20)26(23)32/h6-7,12-13,15,17-18,29H,2-5,8-11,14,16H2,1H3. The predicted octanol–water partition coefficient (Wildman–Crippen LogP) is 5.56. The minimum Gasteiger partial charge on any atom is -0.466 e. The number of nitrogens with one attached hydrogen (secondary N) is 1. The summed E-state index contributed by atoms with van der Waals surface area (Å²) in [7, 11) is 0. The Labute approximate surface area is 204 Å². The molecule has 1 aliphatic heterocycles. The third kappa shape index (κ3) is 3.77. The number of carbonyl (C=O) groups is 2. The quantitative estimate of drug-likeness (QED) is 0.380. The van der Waals surface area contributed by atoms with Crippen LogP contribution in [-0.4, -0.2) is 42.6 Å². The molecule has 0 spiro atoms. The van der Waals surface area contributed by atoms with E-state index in [2.05, 4.69) is 21.4 Å². The van der Waals surface area contributed by atoms with Gasteiger partial charge in [0.15, 0.2) is 11.5 Å². The van der Waals surface area contributed by atoms with Crippen LogP contribution in [0.25, 0.3) is 22.2 Å². The van der Waals surface area contributed by atoms with Gasteiger partial charge in [-0.1, -0.05) is 48.7 Å². The van der Waals surface area contributed by atoms with Gasteiger partial charge in [-0.15, -0.1) is 0 Å². The van der Waals surface area contributed by atoms with Crippen molar-refractivity contribution in [3.63, 3.8) is 0 Å². The summed E-state index contributed by atoms with van der Waals surface area (Å²) >= 11 is 0. The fraction of sp³-hybridized carbons (Fsp3) is 0.464. The molecule has 0 bridgehead atoms. The summed E-state index contributed by atoms with van der Waals surface area (Å²) in [6.45, 7) is 3.62. The molecule has 1 atom stereocenters. The van der Waals surface area contributed by atoms with Crippen molar-refractivity contribution >= 4 is 34.0 Å². The number of carbonyl (C=O) groups excluding carboxylic acids is 2. The number of anilines is 2. The van der Waals surface area contributed by atoms with Gasteiger partial charge in [0.25, 0.3) is 0 Å². The summed E-state index contributed by atoms with van der Waals surface area (Å²) in [6.07, 6.45) is 7.58. The minimum absolute atomic E-state index is 0.00852. The van der Waals surface area contributed by atoms with E-state index in [1.54, 1.807) is 0 Å². The van der Waals surface area contributed by atoms with Crippen LogP contribution < -0.4 is 10.2 Å². The van der Waals surface area contributed by atoms with E-state index in [1.807, 2.05) is 31.2 Å². The zero-order valence-corrected chi connectivity index (χ0v) is 20.1. The topological polar surface area (TPSA) is 84.7 Å². The number of fused-ring (bicyclic) bond motifs is 2. The number of piperidine rings is 1. The molecule has 1 saturated heterocycles. The lowest BCUT2D eigenvalue weighted by atomic mass is 9.85. The first-order chi connectivity index (χ1) is 17.2. The maximum atomic E-state index is 13.8. The van der Waals surface area contributed by atoms with Crippen molar-refractivity contribution in [2.45, 2.75) is 57.9 Å². The molecule has 7 heteroatoms. The Morgan fingerprint density at radius 3 is 2.74 bits per heavy atom. The van der Waals surface area contributed by atoms with Crippen molar-refractivity contribution in [2.24, 2.45) is 5.92 Å². The van der Waals surface area contributed by atoms with Crippen LogP contribution in [0.3, 0.4) is 0 Å². The predicted molar refractivity (Wildman–Crippen MR) is 135 cm³/mol. The van der Waals surface area contributed by atoms with E-state index in [0.29, 0.717) is 41.6 Å². The molecule has 2 aromatic carbocycles. The summed E-state index contributed by atoms with van der Waals surface area (Å²) in [5, 5.41) is 8.99. The van der Waals surface area contributed by atoms with E-state index >= 15 is 0 Å². The molecule has 7 nitrogen and oxygen atoms in total. The van der Waals surface area contributed by atoms with Crippen LogP contribution >= 0.6 is 0 Å². The fourth-order valence-corrected chi connectivity index (χ4v) is 6.01. The van der Waals surface area contributed by atoms with Crippen LogP contribution in [0.5, 0.6) is 0 Å². The Morgan fingerprint density at radius 1 is 1.14 bits per heavy atom. The van der Waals surface area contributed by atoms with Crippen LogP contribution in [0.15, 0.2) is 34.9 Å². The van der Waals surface area contributed by atoms with E-state index in [9.17, 15) is 9.59 Å². The zero-order chi connectivity index (χ0) is 23.9. The van der Waals surface area contributed by atoms with Crippen molar-refractivity contribution in [1.82, 2.24) is 5.16 Å². The molecular weight excluding hydrogens is 442 g/mol. The highest BCUT2D eigenvalue weighted by molar-refractivity contribution is 6.28. The van der Waals surface area contributed by atoms with Gasteiger partial charge >= 0.3 is 5.97 Å². The molecule has 1 saturated carbocycles. The first kappa shape index (κ1) is 22.1. The van der Waals surface area contributed by atoms with Crippen molar-refractivity contribution in [3.8, 4) is 11.3 Å². The molecule has 0 radical (unpaired) electrons. The SMILES string of the molecule is CCOC(=O)C1CCCN(c2cc(NC3CCCCC3)c3c4c(onc24)-c2ccccc2C3=O)C1. The van der Waals surface area contributed by atoms with Gasteiger partial charge in [0.05, 0.1) is 29.2 Å². The smallest absolute Gasteiger partial charge is 0.310 e. The molecule has 2 fully saturated rings. The number of rotatable bonds is 5. The normalized spacial score (nSPS) is 20.1. The number of hydrogen-bond acceptors (Lipinski definition) is 7. The van der Waals surface area contributed by atoms with E-state index in [1.165, 1.54) is 19.3 Å². The van der Waals surface area contributed by atoms with Crippen LogP contribution in [0.4, 0.5) is 11.4 Å². The number of ketones is 1. The van der Waals surface area contributed by atoms with Crippen molar-refractivity contribution in [2.75, 3.05) is 29.9 Å². The van der Waals surface area contributed by atoms with Gasteiger partial charge in [-0.2, -0.15) is 0 Å². The minimum atomic E-state index is -0.171. The Hall–Kier alpha value is -3.35. The second kappa shape index (κ2) is 9.02. The molecule has 182 valence electrons. The second-order valence-electron chi connectivity index (χ2n) is 9.94. The molecule has 6 rings (SSSR count). The van der Waals surface area contributed by atoms with E-state index in [4.69, 9.17) is 9.26 Å². The van der Waals surface area contributed by atoms with Crippen LogP contribution in [0, 0.1) is 5.92 Å². The van der Waals surface area contributed by atoms with E-state index in [-0.39, 0.29) is 17.7 Å². The van der Waals surface area contributed by atoms with Gasteiger partial charge in [0.1, 0.15) is 5.52 Å². The fourth-order valence-electron chi connectivity index (χ4n) is 6.01. The van der Waals surface area contributed by atoms with Gasteiger partial charge in [0.2, 0.25) is 0 Å².